The number of amides is 1. The Morgan fingerprint density at radius 3 is 2.53 bits per heavy atom. The van der Waals surface area contributed by atoms with E-state index >= 15 is 0 Å². The van der Waals surface area contributed by atoms with Crippen molar-refractivity contribution in [1.82, 2.24) is 4.90 Å². The van der Waals surface area contributed by atoms with Gasteiger partial charge in [-0.2, -0.15) is 0 Å². The van der Waals surface area contributed by atoms with Crippen LogP contribution < -0.4 is 10.6 Å². The van der Waals surface area contributed by atoms with Crippen molar-refractivity contribution in [2.45, 2.75) is 19.3 Å². The standard InChI is InChI=1S/C15H23N3O/c1-17(2)15(19)12-7-8-13(16)14(9-12)18(3)10-11-5-4-6-11/h7-9,11H,4-6,10,16H2,1-3H3. The second-order valence-electron chi connectivity index (χ2n) is 5.65. The maximum atomic E-state index is 12.0. The average molecular weight is 261 g/mol. The minimum Gasteiger partial charge on any atom is -0.397 e. The highest BCUT2D eigenvalue weighted by molar-refractivity contribution is 5.96. The minimum absolute atomic E-state index is 0.0123. The van der Waals surface area contributed by atoms with Crippen molar-refractivity contribution in [3.05, 3.63) is 23.8 Å². The quantitative estimate of drug-likeness (QED) is 0.845. The van der Waals surface area contributed by atoms with E-state index < -0.39 is 0 Å². The Morgan fingerprint density at radius 2 is 2.00 bits per heavy atom. The lowest BCUT2D eigenvalue weighted by atomic mass is 9.85. The molecule has 1 aliphatic rings. The number of nitrogen functional groups attached to an aromatic ring is 1. The number of carbonyl (C=O) groups is 1. The van der Waals surface area contributed by atoms with Crippen LogP contribution in [0.25, 0.3) is 0 Å². The average Bonchev–Trinajstić information content (AvgIpc) is 2.33. The summed E-state index contributed by atoms with van der Waals surface area (Å²) in [6, 6.07) is 5.51. The summed E-state index contributed by atoms with van der Waals surface area (Å²) >= 11 is 0. The zero-order valence-electron chi connectivity index (χ0n) is 12.0. The van der Waals surface area contributed by atoms with Crippen LogP contribution in [0.1, 0.15) is 29.6 Å². The monoisotopic (exact) mass is 261 g/mol. The molecule has 0 radical (unpaired) electrons. The lowest BCUT2D eigenvalue weighted by Gasteiger charge is -2.32. The number of hydrogen-bond donors (Lipinski definition) is 1. The molecule has 1 saturated carbocycles. The molecule has 2 rings (SSSR count). The van der Waals surface area contributed by atoms with E-state index in [4.69, 9.17) is 5.73 Å². The summed E-state index contributed by atoms with van der Waals surface area (Å²) in [4.78, 5) is 15.7. The molecule has 0 aromatic heterocycles. The molecule has 1 fully saturated rings. The van der Waals surface area contributed by atoms with Gasteiger partial charge in [0, 0.05) is 33.3 Å². The normalized spacial score (nSPS) is 14.9. The molecular formula is C15H23N3O. The SMILES string of the molecule is CN(C)C(=O)c1ccc(N)c(N(C)CC2CCC2)c1. The summed E-state index contributed by atoms with van der Waals surface area (Å²) in [6.07, 6.45) is 3.95. The van der Waals surface area contributed by atoms with E-state index in [2.05, 4.69) is 4.90 Å². The van der Waals surface area contributed by atoms with Crippen molar-refractivity contribution in [3.8, 4) is 0 Å². The van der Waals surface area contributed by atoms with Gasteiger partial charge in [0.25, 0.3) is 5.91 Å². The van der Waals surface area contributed by atoms with Gasteiger partial charge in [-0.15, -0.1) is 0 Å². The highest BCUT2D eigenvalue weighted by Crippen LogP contribution is 2.30. The van der Waals surface area contributed by atoms with E-state index in [1.807, 2.05) is 19.2 Å². The third kappa shape index (κ3) is 3.00. The Kier molecular flexibility index (Phi) is 3.98. The number of benzene rings is 1. The maximum Gasteiger partial charge on any atom is 0.253 e. The molecule has 1 amide bonds. The number of hydrogen-bond acceptors (Lipinski definition) is 3. The first-order valence-electron chi connectivity index (χ1n) is 6.81. The van der Waals surface area contributed by atoms with Gasteiger partial charge in [-0.05, 0) is 37.0 Å². The topological polar surface area (TPSA) is 49.6 Å². The summed E-state index contributed by atoms with van der Waals surface area (Å²) < 4.78 is 0. The second-order valence-corrected chi connectivity index (χ2v) is 5.65. The number of carbonyl (C=O) groups excluding carboxylic acids is 1. The van der Waals surface area contributed by atoms with E-state index in [1.165, 1.54) is 19.3 Å². The number of nitrogens with zero attached hydrogens (tertiary/aromatic N) is 2. The number of anilines is 2. The fourth-order valence-electron chi connectivity index (χ4n) is 2.43. The molecule has 0 heterocycles. The van der Waals surface area contributed by atoms with Crippen LogP contribution in [0.2, 0.25) is 0 Å². The van der Waals surface area contributed by atoms with Crippen molar-refractivity contribution in [3.63, 3.8) is 0 Å². The zero-order valence-corrected chi connectivity index (χ0v) is 12.0. The van der Waals surface area contributed by atoms with Gasteiger partial charge in [-0.25, -0.2) is 0 Å². The molecule has 19 heavy (non-hydrogen) atoms. The minimum atomic E-state index is 0.0123. The predicted molar refractivity (Wildman–Crippen MR) is 79.5 cm³/mol. The van der Waals surface area contributed by atoms with Crippen LogP contribution in [-0.2, 0) is 0 Å². The fourth-order valence-corrected chi connectivity index (χ4v) is 2.43. The van der Waals surface area contributed by atoms with Crippen LogP contribution in [0, 0.1) is 5.92 Å². The zero-order chi connectivity index (χ0) is 14.0. The van der Waals surface area contributed by atoms with E-state index in [0.717, 1.165) is 23.8 Å². The van der Waals surface area contributed by atoms with Gasteiger partial charge in [-0.1, -0.05) is 6.42 Å². The highest BCUT2D eigenvalue weighted by atomic mass is 16.2. The molecular weight excluding hydrogens is 238 g/mol. The Bertz CT molecular complexity index is 466. The first-order chi connectivity index (χ1) is 8.99. The van der Waals surface area contributed by atoms with Crippen LogP contribution >= 0.6 is 0 Å². The molecule has 104 valence electrons. The third-order valence-corrected chi connectivity index (χ3v) is 3.85. The molecule has 1 aromatic carbocycles. The van der Waals surface area contributed by atoms with Gasteiger partial charge in [0.15, 0.2) is 0 Å². The Balaban J connectivity index is 2.18. The number of rotatable bonds is 4. The molecule has 1 aromatic rings. The summed E-state index contributed by atoms with van der Waals surface area (Å²) in [5.74, 6) is 0.788. The lowest BCUT2D eigenvalue weighted by molar-refractivity contribution is 0.0827. The molecule has 4 heteroatoms. The largest absolute Gasteiger partial charge is 0.397 e. The smallest absolute Gasteiger partial charge is 0.253 e. The van der Waals surface area contributed by atoms with Crippen molar-refractivity contribution < 1.29 is 4.79 Å². The summed E-state index contributed by atoms with van der Waals surface area (Å²) in [5, 5.41) is 0. The van der Waals surface area contributed by atoms with Crippen LogP contribution in [0.4, 0.5) is 11.4 Å². The van der Waals surface area contributed by atoms with E-state index in [9.17, 15) is 4.79 Å². The van der Waals surface area contributed by atoms with Gasteiger partial charge in [0.1, 0.15) is 0 Å². The molecule has 0 unspecified atom stereocenters. The van der Waals surface area contributed by atoms with Crippen LogP contribution in [-0.4, -0.2) is 38.5 Å². The fraction of sp³-hybridized carbons (Fsp3) is 0.533. The maximum absolute atomic E-state index is 12.0. The highest BCUT2D eigenvalue weighted by Gasteiger charge is 2.20. The molecule has 2 N–H and O–H groups in total. The van der Waals surface area contributed by atoms with E-state index in [0.29, 0.717) is 5.56 Å². The van der Waals surface area contributed by atoms with Gasteiger partial charge < -0.3 is 15.5 Å². The van der Waals surface area contributed by atoms with Crippen LogP contribution in [0.5, 0.6) is 0 Å². The molecule has 4 nitrogen and oxygen atoms in total. The van der Waals surface area contributed by atoms with Gasteiger partial charge in [0.2, 0.25) is 0 Å². The molecule has 0 spiro atoms. The Hall–Kier alpha value is -1.71. The second kappa shape index (κ2) is 5.51. The van der Waals surface area contributed by atoms with E-state index in [1.54, 1.807) is 25.1 Å². The third-order valence-electron chi connectivity index (χ3n) is 3.85. The molecule has 0 bridgehead atoms. The first-order valence-corrected chi connectivity index (χ1v) is 6.81. The van der Waals surface area contributed by atoms with Crippen molar-refractivity contribution in [2.24, 2.45) is 5.92 Å². The first kappa shape index (κ1) is 13.7. The molecule has 0 saturated heterocycles. The summed E-state index contributed by atoms with van der Waals surface area (Å²) in [7, 11) is 5.57. The van der Waals surface area contributed by atoms with Gasteiger partial charge in [-0.3, -0.25) is 4.79 Å². The summed E-state index contributed by atoms with van der Waals surface area (Å²) in [5.41, 5.74) is 8.42. The molecule has 0 atom stereocenters. The predicted octanol–water partition coefficient (Wildman–Crippen LogP) is 2.21. The van der Waals surface area contributed by atoms with Crippen LogP contribution in [0.15, 0.2) is 18.2 Å². The van der Waals surface area contributed by atoms with E-state index in [-0.39, 0.29) is 5.91 Å². The van der Waals surface area contributed by atoms with Crippen LogP contribution in [0.3, 0.4) is 0 Å². The molecule has 0 aliphatic heterocycles. The number of nitrogens with two attached hydrogens (primary N) is 1. The Labute approximate surface area is 115 Å². The van der Waals surface area contributed by atoms with Crippen molar-refractivity contribution in [2.75, 3.05) is 38.3 Å². The summed E-state index contributed by atoms with van der Waals surface area (Å²) in [6.45, 7) is 1.02. The van der Waals surface area contributed by atoms with Crippen molar-refractivity contribution >= 4 is 17.3 Å². The van der Waals surface area contributed by atoms with Gasteiger partial charge in [0.05, 0.1) is 11.4 Å². The van der Waals surface area contributed by atoms with Gasteiger partial charge >= 0.3 is 0 Å². The molecule has 1 aliphatic carbocycles. The lowest BCUT2D eigenvalue weighted by Crippen LogP contribution is -2.30. The Morgan fingerprint density at radius 1 is 1.32 bits per heavy atom. The van der Waals surface area contributed by atoms with Crippen molar-refractivity contribution in [1.29, 1.82) is 0 Å².